The number of hydrogen-bond acceptors (Lipinski definition) is 5. The summed E-state index contributed by atoms with van der Waals surface area (Å²) in [4.78, 5) is 27.9. The normalized spacial score (nSPS) is 32.3. The molecular weight excluding hydrogens is 463 g/mol. The number of carbonyl (C=O) groups is 2. The predicted octanol–water partition coefficient (Wildman–Crippen LogP) is 3.12. The maximum Gasteiger partial charge on any atom is 0.406 e. The molecule has 2 heterocycles. The molecule has 3 N–H and O–H groups in total. The monoisotopic (exact) mass is 495 g/mol. The van der Waals surface area contributed by atoms with Crippen LogP contribution in [-0.2, 0) is 17.6 Å². The van der Waals surface area contributed by atoms with Crippen molar-refractivity contribution in [1.29, 1.82) is 0 Å². The van der Waals surface area contributed by atoms with Gasteiger partial charge in [-0.3, -0.25) is 15.0 Å². The molecule has 0 aromatic heterocycles. The second-order valence-electron chi connectivity index (χ2n) is 10.8. The number of imide groups is 1. The number of phenols is 1. The fourth-order valence-electron chi connectivity index (χ4n) is 6.32. The van der Waals surface area contributed by atoms with Crippen molar-refractivity contribution in [1.82, 2.24) is 15.1 Å². The van der Waals surface area contributed by atoms with Crippen molar-refractivity contribution in [2.75, 3.05) is 19.6 Å². The molecule has 2 saturated carbocycles. The van der Waals surface area contributed by atoms with E-state index in [2.05, 4.69) is 10.2 Å². The van der Waals surface area contributed by atoms with Crippen LogP contribution in [0.15, 0.2) is 18.2 Å². The fraction of sp³-hybridized carbons (Fsp3) is 0.680. The molecule has 192 valence electrons. The number of rotatable bonds is 4. The molecule has 0 bridgehead atoms. The Morgan fingerprint density at radius 1 is 1.09 bits per heavy atom. The summed E-state index contributed by atoms with van der Waals surface area (Å²) < 4.78 is 39.6. The summed E-state index contributed by atoms with van der Waals surface area (Å²) in [7, 11) is 0. The zero-order valence-electron chi connectivity index (χ0n) is 19.6. The van der Waals surface area contributed by atoms with Crippen LogP contribution in [0, 0.1) is 5.92 Å². The van der Waals surface area contributed by atoms with Gasteiger partial charge in [-0.2, -0.15) is 13.2 Å². The first-order valence-electron chi connectivity index (χ1n) is 12.5. The second-order valence-corrected chi connectivity index (χ2v) is 10.8. The topological polar surface area (TPSA) is 93.1 Å². The lowest BCUT2D eigenvalue weighted by atomic mass is 9.68. The Hall–Kier alpha value is -2.33. The lowest BCUT2D eigenvalue weighted by Gasteiger charge is -2.50. The van der Waals surface area contributed by atoms with E-state index in [0.29, 0.717) is 17.2 Å². The van der Waals surface area contributed by atoms with Crippen molar-refractivity contribution in [3.63, 3.8) is 0 Å². The first-order valence-corrected chi connectivity index (χ1v) is 12.5. The Bertz CT molecular complexity index is 1000. The number of aryl methyl sites for hydroxylation is 1. The zero-order valence-corrected chi connectivity index (χ0v) is 19.6. The van der Waals surface area contributed by atoms with Gasteiger partial charge in [-0.1, -0.05) is 6.07 Å². The molecule has 2 aliphatic carbocycles. The smallest absolute Gasteiger partial charge is 0.406 e. The van der Waals surface area contributed by atoms with Gasteiger partial charge < -0.3 is 15.1 Å². The number of nitrogens with zero attached hydrogens (tertiary/aromatic N) is 2. The van der Waals surface area contributed by atoms with Crippen LogP contribution in [0.3, 0.4) is 0 Å². The van der Waals surface area contributed by atoms with Gasteiger partial charge in [-0.15, -0.1) is 0 Å². The highest BCUT2D eigenvalue weighted by Crippen LogP contribution is 2.46. The lowest BCUT2D eigenvalue weighted by molar-refractivity contribution is -0.161. The fourth-order valence-corrected chi connectivity index (χ4v) is 6.32. The number of benzene rings is 1. The maximum atomic E-state index is 13.2. The minimum absolute atomic E-state index is 0.0205. The molecule has 4 aliphatic rings. The standard InChI is InChI=1S/C25H32F3N3O4/c26-25(27,28)15-31-22(34)29-21(33)23(31)7-9-24(35,10-8-23)20-13-18-5-6-19(32)12-17(18)2-1-11-30(20)14-16-3-4-16/h5-6,12,16,20,32,35H,1-4,7-11,13-15H2,(H,29,33,34)/t20-,23-,24-/m1/s1. The van der Waals surface area contributed by atoms with E-state index in [9.17, 15) is 33.0 Å². The number of halogens is 3. The van der Waals surface area contributed by atoms with Crippen LogP contribution in [0.4, 0.5) is 18.0 Å². The lowest BCUT2D eigenvalue weighted by Crippen LogP contribution is -2.62. The summed E-state index contributed by atoms with van der Waals surface area (Å²) >= 11 is 0. The van der Waals surface area contributed by atoms with E-state index in [1.807, 2.05) is 6.07 Å². The second kappa shape index (κ2) is 8.65. The Labute approximate surface area is 202 Å². The highest BCUT2D eigenvalue weighted by molar-refractivity contribution is 6.07. The molecular formula is C25H32F3N3O4. The summed E-state index contributed by atoms with van der Waals surface area (Å²) in [5.74, 6) is 0.0908. The van der Waals surface area contributed by atoms with E-state index in [1.54, 1.807) is 12.1 Å². The number of phenolic OH excluding ortho intramolecular Hbond substituents is 1. The number of aromatic hydroxyl groups is 1. The van der Waals surface area contributed by atoms with E-state index in [-0.39, 0.29) is 37.5 Å². The van der Waals surface area contributed by atoms with E-state index >= 15 is 0 Å². The number of aliphatic hydroxyl groups is 1. The quantitative estimate of drug-likeness (QED) is 0.559. The number of hydrogen-bond donors (Lipinski definition) is 3. The Kier molecular flexibility index (Phi) is 6.03. The van der Waals surface area contributed by atoms with E-state index in [4.69, 9.17) is 0 Å². The molecule has 35 heavy (non-hydrogen) atoms. The number of fused-ring (bicyclic) bond motifs is 1. The minimum atomic E-state index is -4.63. The van der Waals surface area contributed by atoms with Gasteiger partial charge in [0.15, 0.2) is 0 Å². The third-order valence-electron chi connectivity index (χ3n) is 8.43. The molecule has 3 amide bonds. The maximum absolute atomic E-state index is 13.2. The SMILES string of the molecule is O=C1NC(=O)[C@]2(CC[C@](O)([C@H]3Cc4ccc(O)cc4CCCN3CC3CC3)CC2)N1CC(F)(F)F. The van der Waals surface area contributed by atoms with Crippen LogP contribution >= 0.6 is 0 Å². The molecule has 1 saturated heterocycles. The van der Waals surface area contributed by atoms with Gasteiger partial charge in [0.05, 0.1) is 5.60 Å². The van der Waals surface area contributed by atoms with E-state index in [1.165, 1.54) is 0 Å². The van der Waals surface area contributed by atoms with Gasteiger partial charge in [0.25, 0.3) is 5.91 Å². The van der Waals surface area contributed by atoms with Crippen LogP contribution in [0.25, 0.3) is 0 Å². The zero-order chi connectivity index (χ0) is 25.0. The minimum Gasteiger partial charge on any atom is -0.508 e. The summed E-state index contributed by atoms with van der Waals surface area (Å²) in [6, 6.07) is 4.02. The van der Waals surface area contributed by atoms with Gasteiger partial charge in [-0.05, 0) is 93.5 Å². The molecule has 1 aromatic rings. The number of carbonyl (C=O) groups excluding carboxylic acids is 2. The van der Waals surface area contributed by atoms with Crippen molar-refractivity contribution >= 4 is 11.9 Å². The van der Waals surface area contributed by atoms with Gasteiger partial charge in [-0.25, -0.2) is 4.79 Å². The van der Waals surface area contributed by atoms with Crippen LogP contribution in [0.5, 0.6) is 5.75 Å². The highest BCUT2D eigenvalue weighted by Gasteiger charge is 2.59. The Morgan fingerprint density at radius 2 is 1.80 bits per heavy atom. The summed E-state index contributed by atoms with van der Waals surface area (Å²) in [5, 5.41) is 24.0. The average Bonchev–Trinajstić information content (AvgIpc) is 3.55. The highest BCUT2D eigenvalue weighted by atomic mass is 19.4. The molecule has 1 spiro atoms. The first kappa shape index (κ1) is 24.4. The molecule has 0 unspecified atom stereocenters. The first-order chi connectivity index (χ1) is 16.5. The molecule has 7 nitrogen and oxygen atoms in total. The van der Waals surface area contributed by atoms with Crippen molar-refractivity contribution < 1.29 is 33.0 Å². The third kappa shape index (κ3) is 4.74. The van der Waals surface area contributed by atoms with Gasteiger partial charge in [0.1, 0.15) is 17.8 Å². The van der Waals surface area contributed by atoms with Gasteiger partial charge in [0, 0.05) is 12.6 Å². The summed E-state index contributed by atoms with van der Waals surface area (Å²) in [6.07, 6.45) is 0.156. The number of alkyl halides is 3. The predicted molar refractivity (Wildman–Crippen MR) is 121 cm³/mol. The van der Waals surface area contributed by atoms with Crippen LogP contribution in [0.1, 0.15) is 56.1 Å². The molecule has 10 heteroatoms. The largest absolute Gasteiger partial charge is 0.508 e. The number of amides is 3. The third-order valence-corrected chi connectivity index (χ3v) is 8.43. The summed E-state index contributed by atoms with van der Waals surface area (Å²) in [6.45, 7) is 0.157. The van der Waals surface area contributed by atoms with Crippen LogP contribution < -0.4 is 5.32 Å². The van der Waals surface area contributed by atoms with E-state index < -0.39 is 35.8 Å². The Morgan fingerprint density at radius 3 is 2.46 bits per heavy atom. The van der Waals surface area contributed by atoms with Crippen molar-refractivity contribution in [3.05, 3.63) is 29.3 Å². The van der Waals surface area contributed by atoms with Crippen molar-refractivity contribution in [3.8, 4) is 5.75 Å². The van der Waals surface area contributed by atoms with Crippen molar-refractivity contribution in [2.24, 2.45) is 5.92 Å². The average molecular weight is 496 g/mol. The number of urea groups is 1. The van der Waals surface area contributed by atoms with E-state index in [0.717, 1.165) is 49.9 Å². The van der Waals surface area contributed by atoms with Crippen molar-refractivity contribution in [2.45, 2.75) is 81.1 Å². The molecule has 1 atom stereocenters. The molecule has 0 radical (unpaired) electrons. The van der Waals surface area contributed by atoms with Gasteiger partial charge >= 0.3 is 12.2 Å². The van der Waals surface area contributed by atoms with Gasteiger partial charge in [0.2, 0.25) is 0 Å². The van der Waals surface area contributed by atoms with Crippen LogP contribution in [0.2, 0.25) is 0 Å². The molecule has 1 aromatic carbocycles. The molecule has 3 fully saturated rings. The van der Waals surface area contributed by atoms with Crippen LogP contribution in [-0.4, -0.2) is 74.9 Å². The molecule has 5 rings (SSSR count). The molecule has 2 aliphatic heterocycles. The summed E-state index contributed by atoms with van der Waals surface area (Å²) in [5.41, 5.74) is -0.683. The number of nitrogens with one attached hydrogen (secondary N) is 1. The Balaban J connectivity index is 1.42.